The van der Waals surface area contributed by atoms with Crippen LogP contribution in [-0.2, 0) is 4.79 Å². The molecule has 68 valence electrons. The molecule has 2 aliphatic heterocycles. The van der Waals surface area contributed by atoms with Gasteiger partial charge in [0.25, 0.3) is 0 Å². The Morgan fingerprint density at radius 1 is 1.17 bits per heavy atom. The van der Waals surface area contributed by atoms with Crippen LogP contribution >= 0.6 is 0 Å². The molecule has 12 heavy (non-hydrogen) atoms. The van der Waals surface area contributed by atoms with Gasteiger partial charge in [0.05, 0.1) is 0 Å². The second kappa shape index (κ2) is 3.44. The Balaban J connectivity index is 1.86. The standard InChI is InChI=1S/C9H16N2O/c12-9-5-8(6-11-9)7-1-3-10-4-2-7/h7-8,10H,1-6H2,(H,11,12)/t8-/m0/s1. The van der Waals surface area contributed by atoms with Crippen molar-refractivity contribution in [3.8, 4) is 0 Å². The van der Waals surface area contributed by atoms with Gasteiger partial charge in [0.15, 0.2) is 0 Å². The summed E-state index contributed by atoms with van der Waals surface area (Å²) in [5.74, 6) is 1.66. The lowest BCUT2D eigenvalue weighted by Crippen LogP contribution is -2.32. The molecule has 0 aliphatic carbocycles. The SMILES string of the molecule is O=C1C[C@H](C2CCNCC2)CN1. The molecule has 0 spiro atoms. The number of nitrogens with one attached hydrogen (secondary N) is 2. The second-order valence-electron chi connectivity index (χ2n) is 3.86. The molecule has 1 amide bonds. The summed E-state index contributed by atoms with van der Waals surface area (Å²) in [5, 5.41) is 6.25. The Labute approximate surface area is 72.9 Å². The minimum Gasteiger partial charge on any atom is -0.356 e. The van der Waals surface area contributed by atoms with Crippen LogP contribution in [0.15, 0.2) is 0 Å². The predicted octanol–water partition coefficient (Wildman–Crippen LogP) is 0.122. The number of carbonyl (C=O) groups excluding carboxylic acids is 1. The zero-order valence-corrected chi connectivity index (χ0v) is 7.31. The molecule has 2 rings (SSSR count). The van der Waals surface area contributed by atoms with Crippen molar-refractivity contribution in [2.45, 2.75) is 19.3 Å². The van der Waals surface area contributed by atoms with Crippen LogP contribution in [0.2, 0.25) is 0 Å². The van der Waals surface area contributed by atoms with E-state index in [-0.39, 0.29) is 5.91 Å². The van der Waals surface area contributed by atoms with Crippen LogP contribution in [0, 0.1) is 11.8 Å². The molecule has 2 heterocycles. The van der Waals surface area contributed by atoms with Gasteiger partial charge in [-0.25, -0.2) is 0 Å². The van der Waals surface area contributed by atoms with Gasteiger partial charge in [-0.1, -0.05) is 0 Å². The monoisotopic (exact) mass is 168 g/mol. The number of amides is 1. The highest BCUT2D eigenvalue weighted by Crippen LogP contribution is 2.26. The average molecular weight is 168 g/mol. The van der Waals surface area contributed by atoms with Crippen molar-refractivity contribution in [1.82, 2.24) is 10.6 Å². The highest BCUT2D eigenvalue weighted by Gasteiger charge is 2.29. The molecule has 1 atom stereocenters. The summed E-state index contributed by atoms with van der Waals surface area (Å²) in [7, 11) is 0. The Morgan fingerprint density at radius 2 is 1.92 bits per heavy atom. The third kappa shape index (κ3) is 1.61. The van der Waals surface area contributed by atoms with Gasteiger partial charge in [-0.3, -0.25) is 4.79 Å². The summed E-state index contributed by atoms with van der Waals surface area (Å²) < 4.78 is 0. The van der Waals surface area contributed by atoms with Gasteiger partial charge in [-0.2, -0.15) is 0 Å². The summed E-state index contributed by atoms with van der Waals surface area (Å²) >= 11 is 0. The number of carbonyl (C=O) groups is 1. The summed E-state index contributed by atoms with van der Waals surface area (Å²) in [5.41, 5.74) is 0. The van der Waals surface area contributed by atoms with E-state index in [4.69, 9.17) is 0 Å². The van der Waals surface area contributed by atoms with Crippen molar-refractivity contribution in [2.24, 2.45) is 11.8 Å². The van der Waals surface area contributed by atoms with E-state index in [1.807, 2.05) is 0 Å². The lowest BCUT2D eigenvalue weighted by molar-refractivity contribution is -0.119. The van der Waals surface area contributed by atoms with Crippen LogP contribution in [0.25, 0.3) is 0 Å². The van der Waals surface area contributed by atoms with E-state index in [0.717, 1.165) is 32.0 Å². The molecule has 2 aliphatic rings. The number of piperidine rings is 1. The molecule has 2 N–H and O–H groups in total. The number of hydrogen-bond acceptors (Lipinski definition) is 2. The molecule has 0 unspecified atom stereocenters. The van der Waals surface area contributed by atoms with E-state index < -0.39 is 0 Å². The maximum atomic E-state index is 11.0. The average Bonchev–Trinajstić information content (AvgIpc) is 2.54. The molecule has 3 nitrogen and oxygen atoms in total. The van der Waals surface area contributed by atoms with Crippen LogP contribution in [0.5, 0.6) is 0 Å². The fraction of sp³-hybridized carbons (Fsp3) is 0.889. The first-order valence-electron chi connectivity index (χ1n) is 4.83. The van der Waals surface area contributed by atoms with Gasteiger partial charge in [0.1, 0.15) is 0 Å². The van der Waals surface area contributed by atoms with E-state index in [0.29, 0.717) is 5.92 Å². The molecule has 0 aromatic carbocycles. The van der Waals surface area contributed by atoms with Crippen molar-refractivity contribution in [3.63, 3.8) is 0 Å². The van der Waals surface area contributed by atoms with Crippen LogP contribution in [-0.4, -0.2) is 25.5 Å². The first-order chi connectivity index (χ1) is 5.86. The van der Waals surface area contributed by atoms with Gasteiger partial charge in [-0.15, -0.1) is 0 Å². The van der Waals surface area contributed by atoms with Gasteiger partial charge < -0.3 is 10.6 Å². The molecule has 0 saturated carbocycles. The topological polar surface area (TPSA) is 41.1 Å². The molecule has 0 bridgehead atoms. The smallest absolute Gasteiger partial charge is 0.220 e. The highest BCUT2D eigenvalue weighted by molar-refractivity contribution is 5.78. The first kappa shape index (κ1) is 8.05. The third-order valence-electron chi connectivity index (χ3n) is 3.06. The summed E-state index contributed by atoms with van der Waals surface area (Å²) in [4.78, 5) is 11.0. The normalized spacial score (nSPS) is 32.0. The molecular weight excluding hydrogens is 152 g/mol. The van der Waals surface area contributed by atoms with Gasteiger partial charge in [-0.05, 0) is 37.8 Å². The molecule has 0 radical (unpaired) electrons. The lowest BCUT2D eigenvalue weighted by atomic mass is 9.84. The minimum absolute atomic E-state index is 0.249. The van der Waals surface area contributed by atoms with Gasteiger partial charge in [0, 0.05) is 13.0 Å². The first-order valence-corrected chi connectivity index (χ1v) is 4.83. The largest absolute Gasteiger partial charge is 0.356 e. The van der Waals surface area contributed by atoms with E-state index in [1.54, 1.807) is 0 Å². The van der Waals surface area contributed by atoms with E-state index in [1.165, 1.54) is 12.8 Å². The van der Waals surface area contributed by atoms with Crippen molar-refractivity contribution in [3.05, 3.63) is 0 Å². The van der Waals surface area contributed by atoms with Crippen LogP contribution < -0.4 is 10.6 Å². The van der Waals surface area contributed by atoms with Crippen LogP contribution in [0.3, 0.4) is 0 Å². The van der Waals surface area contributed by atoms with E-state index in [2.05, 4.69) is 10.6 Å². The van der Waals surface area contributed by atoms with Crippen LogP contribution in [0.4, 0.5) is 0 Å². The third-order valence-corrected chi connectivity index (χ3v) is 3.06. The summed E-state index contributed by atoms with van der Waals surface area (Å²) in [6, 6.07) is 0. The number of rotatable bonds is 1. The minimum atomic E-state index is 0.249. The molecular formula is C9H16N2O. The molecule has 2 saturated heterocycles. The Hall–Kier alpha value is -0.570. The van der Waals surface area contributed by atoms with Crippen LogP contribution in [0.1, 0.15) is 19.3 Å². The molecule has 0 aromatic rings. The van der Waals surface area contributed by atoms with Gasteiger partial charge in [0.2, 0.25) is 5.91 Å². The Bertz CT molecular complexity index is 175. The summed E-state index contributed by atoms with van der Waals surface area (Å²) in [6.07, 6.45) is 3.27. The predicted molar refractivity (Wildman–Crippen MR) is 46.7 cm³/mol. The molecule has 2 fully saturated rings. The maximum absolute atomic E-state index is 11.0. The van der Waals surface area contributed by atoms with Crippen molar-refractivity contribution in [2.75, 3.05) is 19.6 Å². The van der Waals surface area contributed by atoms with E-state index in [9.17, 15) is 4.79 Å². The zero-order valence-electron chi connectivity index (χ0n) is 7.31. The summed E-state index contributed by atoms with van der Waals surface area (Å²) in [6.45, 7) is 3.19. The lowest BCUT2D eigenvalue weighted by Gasteiger charge is -2.26. The maximum Gasteiger partial charge on any atom is 0.220 e. The van der Waals surface area contributed by atoms with E-state index >= 15 is 0 Å². The zero-order chi connectivity index (χ0) is 8.39. The fourth-order valence-electron chi connectivity index (χ4n) is 2.28. The Kier molecular flexibility index (Phi) is 2.30. The van der Waals surface area contributed by atoms with Crippen molar-refractivity contribution >= 4 is 5.91 Å². The van der Waals surface area contributed by atoms with Crippen molar-refractivity contribution < 1.29 is 4.79 Å². The second-order valence-corrected chi connectivity index (χ2v) is 3.86. The van der Waals surface area contributed by atoms with Crippen molar-refractivity contribution in [1.29, 1.82) is 0 Å². The number of hydrogen-bond donors (Lipinski definition) is 2. The molecule has 0 aromatic heterocycles. The quantitative estimate of drug-likeness (QED) is 0.584. The molecule has 3 heteroatoms. The van der Waals surface area contributed by atoms with Gasteiger partial charge >= 0.3 is 0 Å². The Morgan fingerprint density at radius 3 is 2.50 bits per heavy atom. The highest BCUT2D eigenvalue weighted by atomic mass is 16.1. The fourth-order valence-corrected chi connectivity index (χ4v) is 2.28.